The first-order valence-electron chi connectivity index (χ1n) is 11.9. The molecule has 3 aromatic carbocycles. The molecule has 3 aromatic rings. The Bertz CT molecular complexity index is 1160. The zero-order chi connectivity index (χ0) is 26.9. The van der Waals surface area contributed by atoms with Crippen LogP contribution in [0.5, 0.6) is 5.75 Å². The van der Waals surface area contributed by atoms with Gasteiger partial charge in [0, 0.05) is 25.2 Å². The standard InChI is InChI=1S/C26H29F3N2O3.C2H6/c1-5-31(3)17-30-23-14-24(33-4)22(12-18(23)2)25(32,26(27,28)29)16-34-15-19-10-11-20-8-6-7-9-21(20)13-19;1-2/h6-14,17,32H,5,15-16H2,1-4H3;1-2H3. The molecule has 0 amide bonds. The smallest absolute Gasteiger partial charge is 0.423 e. The number of ether oxygens (including phenoxy) is 2. The first-order valence-corrected chi connectivity index (χ1v) is 11.9. The van der Waals surface area contributed by atoms with Gasteiger partial charge in [-0.2, -0.15) is 13.2 Å². The number of aryl methyl sites for hydroxylation is 1. The van der Waals surface area contributed by atoms with Gasteiger partial charge in [-0.25, -0.2) is 4.99 Å². The summed E-state index contributed by atoms with van der Waals surface area (Å²) in [7, 11) is 3.09. The Morgan fingerprint density at radius 1 is 1.03 bits per heavy atom. The molecule has 0 aliphatic heterocycles. The van der Waals surface area contributed by atoms with Crippen molar-refractivity contribution in [3.8, 4) is 5.75 Å². The van der Waals surface area contributed by atoms with Crippen LogP contribution in [0.4, 0.5) is 18.9 Å². The van der Waals surface area contributed by atoms with Crippen molar-refractivity contribution in [2.45, 2.75) is 46.1 Å². The Kier molecular flexibility index (Phi) is 10.3. The van der Waals surface area contributed by atoms with Gasteiger partial charge in [-0.15, -0.1) is 0 Å². The van der Waals surface area contributed by atoms with Gasteiger partial charge in [-0.3, -0.25) is 0 Å². The molecule has 8 heteroatoms. The highest BCUT2D eigenvalue weighted by atomic mass is 19.4. The monoisotopic (exact) mass is 504 g/mol. The lowest BCUT2D eigenvalue weighted by atomic mass is 9.91. The van der Waals surface area contributed by atoms with Crippen molar-refractivity contribution in [2.75, 3.05) is 27.3 Å². The summed E-state index contributed by atoms with van der Waals surface area (Å²) >= 11 is 0. The average Bonchev–Trinajstić information content (AvgIpc) is 2.87. The van der Waals surface area contributed by atoms with Crippen LogP contribution < -0.4 is 4.74 Å². The molecule has 36 heavy (non-hydrogen) atoms. The van der Waals surface area contributed by atoms with E-state index >= 15 is 0 Å². The number of hydrogen-bond donors (Lipinski definition) is 1. The van der Waals surface area contributed by atoms with Gasteiger partial charge in [-0.05, 0) is 47.9 Å². The second kappa shape index (κ2) is 12.7. The lowest BCUT2D eigenvalue weighted by Gasteiger charge is -2.32. The number of benzene rings is 3. The number of halogens is 3. The minimum atomic E-state index is -5.00. The summed E-state index contributed by atoms with van der Waals surface area (Å²) in [5.41, 5.74) is -2.06. The highest BCUT2D eigenvalue weighted by Gasteiger charge is 2.56. The minimum Gasteiger partial charge on any atom is -0.496 e. The second-order valence-corrected chi connectivity index (χ2v) is 8.19. The Morgan fingerprint density at radius 2 is 1.69 bits per heavy atom. The summed E-state index contributed by atoms with van der Waals surface area (Å²) in [5, 5.41) is 12.9. The summed E-state index contributed by atoms with van der Waals surface area (Å²) in [6.45, 7) is 7.23. The van der Waals surface area contributed by atoms with E-state index in [0.29, 0.717) is 16.8 Å². The van der Waals surface area contributed by atoms with Crippen LogP contribution >= 0.6 is 0 Å². The Labute approximate surface area is 211 Å². The maximum absolute atomic E-state index is 14.2. The van der Waals surface area contributed by atoms with Crippen LogP contribution in [0.3, 0.4) is 0 Å². The third-order valence-corrected chi connectivity index (χ3v) is 5.72. The molecule has 1 N–H and O–H groups in total. The molecule has 0 fully saturated rings. The van der Waals surface area contributed by atoms with Crippen molar-refractivity contribution in [2.24, 2.45) is 4.99 Å². The molecular formula is C28H35F3N2O3. The van der Waals surface area contributed by atoms with Gasteiger partial charge in [0.25, 0.3) is 0 Å². The molecule has 196 valence electrons. The zero-order valence-electron chi connectivity index (χ0n) is 21.7. The van der Waals surface area contributed by atoms with Crippen LogP contribution in [0.15, 0.2) is 59.6 Å². The second-order valence-electron chi connectivity index (χ2n) is 8.19. The van der Waals surface area contributed by atoms with Gasteiger partial charge < -0.3 is 19.5 Å². The molecule has 5 nitrogen and oxygen atoms in total. The van der Waals surface area contributed by atoms with Gasteiger partial charge in [0.15, 0.2) is 0 Å². The molecule has 0 aliphatic rings. The molecule has 0 bridgehead atoms. The van der Waals surface area contributed by atoms with E-state index in [0.717, 1.165) is 17.3 Å². The van der Waals surface area contributed by atoms with Gasteiger partial charge in [0.1, 0.15) is 5.75 Å². The summed E-state index contributed by atoms with van der Waals surface area (Å²) in [5.74, 6) is -0.119. The fourth-order valence-corrected chi connectivity index (χ4v) is 3.51. The quantitative estimate of drug-likeness (QED) is 0.258. The van der Waals surface area contributed by atoms with Crippen LogP contribution in [0, 0.1) is 6.92 Å². The first-order chi connectivity index (χ1) is 17.1. The molecule has 0 spiro atoms. The number of aliphatic imine (C=N–C) groups is 1. The van der Waals surface area contributed by atoms with Crippen molar-refractivity contribution in [1.82, 2.24) is 4.90 Å². The molecule has 1 atom stereocenters. The maximum Gasteiger partial charge on any atom is 0.423 e. The normalized spacial score (nSPS) is 13.3. The largest absolute Gasteiger partial charge is 0.496 e. The fourth-order valence-electron chi connectivity index (χ4n) is 3.51. The number of rotatable bonds is 9. The van der Waals surface area contributed by atoms with Gasteiger partial charge in [0.2, 0.25) is 5.60 Å². The van der Waals surface area contributed by atoms with Crippen LogP contribution in [0.2, 0.25) is 0 Å². The molecule has 3 rings (SSSR count). The number of methoxy groups -OCH3 is 1. The molecule has 0 aromatic heterocycles. The van der Waals surface area contributed by atoms with E-state index in [4.69, 9.17) is 9.47 Å². The molecule has 0 saturated heterocycles. The number of nitrogens with zero attached hydrogens (tertiary/aromatic N) is 2. The van der Waals surface area contributed by atoms with Crippen LogP contribution in [0.1, 0.15) is 37.5 Å². The Morgan fingerprint density at radius 3 is 2.31 bits per heavy atom. The zero-order valence-corrected chi connectivity index (χ0v) is 21.7. The molecule has 0 heterocycles. The van der Waals surface area contributed by atoms with E-state index in [1.54, 1.807) is 19.3 Å². The van der Waals surface area contributed by atoms with E-state index in [-0.39, 0.29) is 12.4 Å². The van der Waals surface area contributed by atoms with Crippen LogP contribution in [-0.4, -0.2) is 49.8 Å². The van der Waals surface area contributed by atoms with E-state index in [9.17, 15) is 18.3 Å². The molecule has 1 unspecified atom stereocenters. The third kappa shape index (κ3) is 6.77. The van der Waals surface area contributed by atoms with Crippen molar-refractivity contribution in [3.05, 3.63) is 71.3 Å². The number of fused-ring (bicyclic) bond motifs is 1. The average molecular weight is 505 g/mol. The minimum absolute atomic E-state index is 0.0871. The summed E-state index contributed by atoms with van der Waals surface area (Å²) in [4.78, 5) is 6.15. The number of alkyl halides is 3. The fraction of sp³-hybridized carbons (Fsp3) is 0.393. The predicted molar refractivity (Wildman–Crippen MR) is 139 cm³/mol. The van der Waals surface area contributed by atoms with E-state index < -0.39 is 23.9 Å². The summed E-state index contributed by atoms with van der Waals surface area (Å²) in [6, 6.07) is 15.8. The molecular weight excluding hydrogens is 469 g/mol. The van der Waals surface area contributed by atoms with Crippen molar-refractivity contribution in [1.29, 1.82) is 0 Å². The first kappa shape index (κ1) is 29.1. The lowest BCUT2D eigenvalue weighted by molar-refractivity contribution is -0.283. The van der Waals surface area contributed by atoms with Crippen LogP contribution in [-0.2, 0) is 16.9 Å². The summed E-state index contributed by atoms with van der Waals surface area (Å²) in [6.07, 6.45) is -3.41. The van der Waals surface area contributed by atoms with Crippen molar-refractivity contribution < 1.29 is 27.8 Å². The van der Waals surface area contributed by atoms with Crippen LogP contribution in [0.25, 0.3) is 10.8 Å². The number of aliphatic hydroxyl groups is 1. The molecule has 0 radical (unpaired) electrons. The van der Waals surface area contributed by atoms with E-state index in [1.807, 2.05) is 69.1 Å². The highest BCUT2D eigenvalue weighted by molar-refractivity contribution is 5.82. The topological polar surface area (TPSA) is 54.3 Å². The third-order valence-electron chi connectivity index (χ3n) is 5.72. The Hall–Kier alpha value is -3.10. The van der Waals surface area contributed by atoms with Gasteiger partial charge in [-0.1, -0.05) is 50.2 Å². The maximum atomic E-state index is 14.2. The lowest BCUT2D eigenvalue weighted by Crippen LogP contribution is -2.46. The van der Waals surface area contributed by atoms with E-state index in [1.165, 1.54) is 19.2 Å². The van der Waals surface area contributed by atoms with Crippen molar-refractivity contribution in [3.63, 3.8) is 0 Å². The highest BCUT2D eigenvalue weighted by Crippen LogP contribution is 2.45. The van der Waals surface area contributed by atoms with Gasteiger partial charge >= 0.3 is 6.18 Å². The number of hydrogen-bond acceptors (Lipinski definition) is 4. The predicted octanol–water partition coefficient (Wildman–Crippen LogP) is 6.76. The van der Waals surface area contributed by atoms with Crippen molar-refractivity contribution >= 4 is 22.8 Å². The molecule has 0 saturated carbocycles. The van der Waals surface area contributed by atoms with E-state index in [2.05, 4.69) is 4.99 Å². The SMILES string of the molecule is CC.CCN(C)C=Nc1cc(OC)c(C(O)(COCc2ccc3ccccc3c2)C(F)(F)F)cc1C. The Balaban J connectivity index is 0.00000222. The van der Waals surface area contributed by atoms with Gasteiger partial charge in [0.05, 0.1) is 32.3 Å². The molecule has 0 aliphatic carbocycles. The summed E-state index contributed by atoms with van der Waals surface area (Å²) < 4.78 is 53.1.